The minimum atomic E-state index is 0.780. The maximum atomic E-state index is 3.46. The van der Waals surface area contributed by atoms with E-state index < -0.39 is 0 Å². The van der Waals surface area contributed by atoms with E-state index in [-0.39, 0.29) is 0 Å². The van der Waals surface area contributed by atoms with Crippen molar-refractivity contribution in [1.82, 2.24) is 10.2 Å². The van der Waals surface area contributed by atoms with Crippen LogP contribution in [0.1, 0.15) is 49.1 Å². The van der Waals surface area contributed by atoms with E-state index in [1.807, 2.05) is 0 Å². The van der Waals surface area contributed by atoms with Crippen LogP contribution in [0.2, 0.25) is 0 Å². The Bertz CT molecular complexity index is 390. The van der Waals surface area contributed by atoms with Crippen molar-refractivity contribution in [3.05, 3.63) is 35.4 Å². The first-order valence-electron chi connectivity index (χ1n) is 7.94. The van der Waals surface area contributed by atoms with Gasteiger partial charge in [0.25, 0.3) is 0 Å². The lowest BCUT2D eigenvalue weighted by Gasteiger charge is -2.27. The molecule has 1 aromatic rings. The third kappa shape index (κ3) is 3.58. The van der Waals surface area contributed by atoms with Gasteiger partial charge in [0.15, 0.2) is 0 Å². The number of piperidine rings is 2. The zero-order valence-corrected chi connectivity index (χ0v) is 11.9. The van der Waals surface area contributed by atoms with Crippen LogP contribution in [-0.2, 0) is 6.54 Å². The van der Waals surface area contributed by atoms with E-state index in [9.17, 15) is 0 Å². The molecule has 2 nitrogen and oxygen atoms in total. The van der Waals surface area contributed by atoms with Crippen LogP contribution in [0.5, 0.6) is 0 Å². The van der Waals surface area contributed by atoms with E-state index in [1.54, 1.807) is 5.56 Å². The molecule has 0 unspecified atom stereocenters. The molecule has 2 aliphatic heterocycles. The second-order valence-electron chi connectivity index (χ2n) is 6.11. The molecular weight excluding hydrogens is 232 g/mol. The van der Waals surface area contributed by atoms with Crippen LogP contribution < -0.4 is 5.32 Å². The molecule has 19 heavy (non-hydrogen) atoms. The third-order valence-electron chi connectivity index (χ3n) is 4.62. The fraction of sp³-hybridized carbons (Fsp3) is 0.647. The van der Waals surface area contributed by atoms with Gasteiger partial charge >= 0.3 is 0 Å². The highest BCUT2D eigenvalue weighted by Crippen LogP contribution is 2.26. The summed E-state index contributed by atoms with van der Waals surface area (Å²) in [5, 5.41) is 3.46. The van der Waals surface area contributed by atoms with Gasteiger partial charge in [0.05, 0.1) is 0 Å². The number of hydrogen-bond acceptors (Lipinski definition) is 2. The zero-order valence-electron chi connectivity index (χ0n) is 11.9. The molecule has 0 spiro atoms. The topological polar surface area (TPSA) is 15.3 Å². The van der Waals surface area contributed by atoms with Crippen LogP contribution in [0.25, 0.3) is 0 Å². The van der Waals surface area contributed by atoms with Gasteiger partial charge in [0.2, 0.25) is 0 Å². The van der Waals surface area contributed by atoms with Crippen molar-refractivity contribution in [3.63, 3.8) is 0 Å². The van der Waals surface area contributed by atoms with Gasteiger partial charge in [-0.15, -0.1) is 0 Å². The molecule has 2 heteroatoms. The number of hydrogen-bond donors (Lipinski definition) is 1. The monoisotopic (exact) mass is 258 g/mol. The molecule has 2 aliphatic rings. The Kier molecular flexibility index (Phi) is 4.52. The van der Waals surface area contributed by atoms with Gasteiger partial charge in [-0.05, 0) is 68.9 Å². The summed E-state index contributed by atoms with van der Waals surface area (Å²) in [5.41, 5.74) is 3.08. The second-order valence-corrected chi connectivity index (χ2v) is 6.11. The lowest BCUT2D eigenvalue weighted by molar-refractivity contribution is 0.221. The highest BCUT2D eigenvalue weighted by atomic mass is 15.1. The first kappa shape index (κ1) is 13.1. The molecule has 0 saturated carbocycles. The minimum Gasteiger partial charge on any atom is -0.317 e. The second kappa shape index (κ2) is 6.53. The number of nitrogens with zero attached hydrogens (tertiary/aromatic N) is 1. The van der Waals surface area contributed by atoms with E-state index in [1.165, 1.54) is 63.8 Å². The Morgan fingerprint density at radius 3 is 2.63 bits per heavy atom. The lowest BCUT2D eigenvalue weighted by atomic mass is 9.89. The summed E-state index contributed by atoms with van der Waals surface area (Å²) in [7, 11) is 0. The Labute approximate surface area is 117 Å². The summed E-state index contributed by atoms with van der Waals surface area (Å²) < 4.78 is 0. The Morgan fingerprint density at radius 2 is 1.84 bits per heavy atom. The lowest BCUT2D eigenvalue weighted by Crippen LogP contribution is -2.29. The van der Waals surface area contributed by atoms with Crippen molar-refractivity contribution < 1.29 is 0 Å². The average Bonchev–Trinajstić information content (AvgIpc) is 2.49. The molecule has 3 rings (SSSR count). The van der Waals surface area contributed by atoms with E-state index in [2.05, 4.69) is 34.5 Å². The normalized spacial score (nSPS) is 22.5. The Morgan fingerprint density at radius 1 is 1.05 bits per heavy atom. The maximum absolute atomic E-state index is 3.46. The van der Waals surface area contributed by atoms with Gasteiger partial charge in [-0.25, -0.2) is 0 Å². The van der Waals surface area contributed by atoms with Crippen molar-refractivity contribution in [1.29, 1.82) is 0 Å². The van der Waals surface area contributed by atoms with Gasteiger partial charge in [-0.3, -0.25) is 4.90 Å². The number of nitrogens with one attached hydrogen (secondary N) is 1. The van der Waals surface area contributed by atoms with Crippen molar-refractivity contribution in [2.24, 2.45) is 0 Å². The van der Waals surface area contributed by atoms with Crippen LogP contribution >= 0.6 is 0 Å². The molecule has 2 fully saturated rings. The fourth-order valence-corrected chi connectivity index (χ4v) is 3.48. The van der Waals surface area contributed by atoms with Crippen LogP contribution in [0.3, 0.4) is 0 Å². The van der Waals surface area contributed by atoms with Crippen LogP contribution in [-0.4, -0.2) is 31.1 Å². The smallest absolute Gasteiger partial charge is 0.0233 e. The SMILES string of the molecule is c1cc(CN2CCCCC2)cc(C2CCNCC2)c1. The molecule has 0 radical (unpaired) electrons. The molecule has 2 saturated heterocycles. The quantitative estimate of drug-likeness (QED) is 0.896. The number of likely N-dealkylation sites (tertiary alicyclic amines) is 1. The molecule has 0 bridgehead atoms. The number of benzene rings is 1. The van der Waals surface area contributed by atoms with Gasteiger partial charge in [-0.1, -0.05) is 30.7 Å². The summed E-state index contributed by atoms with van der Waals surface area (Å²) >= 11 is 0. The van der Waals surface area contributed by atoms with Gasteiger partial charge in [-0.2, -0.15) is 0 Å². The predicted octanol–water partition coefficient (Wildman–Crippen LogP) is 3.14. The summed E-state index contributed by atoms with van der Waals surface area (Å²) in [6, 6.07) is 9.36. The van der Waals surface area contributed by atoms with Crippen molar-refractivity contribution >= 4 is 0 Å². The third-order valence-corrected chi connectivity index (χ3v) is 4.62. The van der Waals surface area contributed by atoms with Crippen molar-refractivity contribution in [2.75, 3.05) is 26.2 Å². The average molecular weight is 258 g/mol. The predicted molar refractivity (Wildman–Crippen MR) is 80.4 cm³/mol. The van der Waals surface area contributed by atoms with E-state index in [0.29, 0.717) is 0 Å². The minimum absolute atomic E-state index is 0.780. The van der Waals surface area contributed by atoms with Crippen LogP contribution in [0.15, 0.2) is 24.3 Å². The van der Waals surface area contributed by atoms with Gasteiger partial charge in [0.1, 0.15) is 0 Å². The van der Waals surface area contributed by atoms with Gasteiger partial charge < -0.3 is 5.32 Å². The standard InChI is InChI=1S/C17H26N2/c1-2-11-19(12-3-1)14-15-5-4-6-17(13-15)16-7-9-18-10-8-16/h4-6,13,16,18H,1-3,7-12,14H2. The zero-order chi connectivity index (χ0) is 12.9. The van der Waals surface area contributed by atoms with Gasteiger partial charge in [0, 0.05) is 6.54 Å². The molecule has 0 aromatic heterocycles. The largest absolute Gasteiger partial charge is 0.317 e. The molecule has 2 heterocycles. The first-order valence-corrected chi connectivity index (χ1v) is 7.94. The van der Waals surface area contributed by atoms with Crippen LogP contribution in [0.4, 0.5) is 0 Å². The van der Waals surface area contributed by atoms with Crippen molar-refractivity contribution in [3.8, 4) is 0 Å². The fourth-order valence-electron chi connectivity index (χ4n) is 3.48. The van der Waals surface area contributed by atoms with E-state index in [0.717, 1.165) is 12.5 Å². The summed E-state index contributed by atoms with van der Waals surface area (Å²) in [6.45, 7) is 6.09. The highest BCUT2D eigenvalue weighted by molar-refractivity contribution is 5.27. The Hall–Kier alpha value is -0.860. The molecule has 1 aromatic carbocycles. The van der Waals surface area contributed by atoms with Crippen molar-refractivity contribution in [2.45, 2.75) is 44.6 Å². The summed E-state index contributed by atoms with van der Waals surface area (Å²) in [4.78, 5) is 2.62. The highest BCUT2D eigenvalue weighted by Gasteiger charge is 2.16. The Balaban J connectivity index is 1.64. The summed E-state index contributed by atoms with van der Waals surface area (Å²) in [5.74, 6) is 0.780. The molecule has 1 N–H and O–H groups in total. The maximum Gasteiger partial charge on any atom is 0.0233 e. The van der Waals surface area contributed by atoms with E-state index in [4.69, 9.17) is 0 Å². The molecule has 0 aliphatic carbocycles. The molecule has 104 valence electrons. The number of rotatable bonds is 3. The molecular formula is C17H26N2. The molecule has 0 atom stereocenters. The first-order chi connectivity index (χ1) is 9.42. The van der Waals surface area contributed by atoms with E-state index >= 15 is 0 Å². The molecule has 0 amide bonds. The van der Waals surface area contributed by atoms with Crippen LogP contribution in [0, 0.1) is 0 Å². The summed E-state index contributed by atoms with van der Waals surface area (Å²) in [6.07, 6.45) is 6.79.